The summed E-state index contributed by atoms with van der Waals surface area (Å²) in [5.41, 5.74) is 11.3. The topological polar surface area (TPSA) is 35.2 Å². The summed E-state index contributed by atoms with van der Waals surface area (Å²) >= 11 is 6.10. The number of ether oxygens (including phenoxy) is 1. The van der Waals surface area contributed by atoms with E-state index < -0.39 is 0 Å². The summed E-state index contributed by atoms with van der Waals surface area (Å²) in [5.74, 6) is 0.911. The van der Waals surface area contributed by atoms with E-state index in [1.165, 1.54) is 11.1 Å². The maximum Gasteiger partial charge on any atom is 0.122 e. The van der Waals surface area contributed by atoms with Gasteiger partial charge in [-0.3, -0.25) is 0 Å². The van der Waals surface area contributed by atoms with Crippen LogP contribution in [0.2, 0.25) is 5.02 Å². The predicted molar refractivity (Wildman–Crippen MR) is 80.8 cm³/mol. The molecule has 0 aliphatic carbocycles. The van der Waals surface area contributed by atoms with Crippen molar-refractivity contribution in [1.29, 1.82) is 0 Å². The number of nitrogens with two attached hydrogens (primary N) is 1. The van der Waals surface area contributed by atoms with Gasteiger partial charge in [0.05, 0.1) is 7.11 Å². The van der Waals surface area contributed by atoms with Crippen molar-refractivity contribution >= 4 is 11.6 Å². The molecule has 0 aliphatic heterocycles. The van der Waals surface area contributed by atoms with Crippen LogP contribution >= 0.6 is 11.6 Å². The number of hydrogen-bond acceptors (Lipinski definition) is 2. The molecule has 0 aromatic heterocycles. The van der Waals surface area contributed by atoms with Gasteiger partial charge in [-0.05, 0) is 65.9 Å². The highest BCUT2D eigenvalue weighted by molar-refractivity contribution is 6.31. The Morgan fingerprint density at radius 2 is 1.84 bits per heavy atom. The van der Waals surface area contributed by atoms with Crippen LogP contribution in [0.3, 0.4) is 0 Å². The van der Waals surface area contributed by atoms with Crippen LogP contribution in [-0.2, 0) is 6.54 Å². The molecule has 0 bridgehead atoms. The maximum absolute atomic E-state index is 6.10. The van der Waals surface area contributed by atoms with Crippen molar-refractivity contribution in [2.45, 2.75) is 20.4 Å². The molecule has 0 aliphatic rings. The average molecular weight is 276 g/mol. The Labute approximate surface area is 119 Å². The fourth-order valence-corrected chi connectivity index (χ4v) is 2.41. The Kier molecular flexibility index (Phi) is 4.13. The lowest BCUT2D eigenvalue weighted by atomic mass is 9.96. The number of rotatable bonds is 3. The van der Waals surface area contributed by atoms with Crippen LogP contribution in [0, 0.1) is 13.8 Å². The van der Waals surface area contributed by atoms with Crippen molar-refractivity contribution in [3.63, 3.8) is 0 Å². The summed E-state index contributed by atoms with van der Waals surface area (Å²) in [6.07, 6.45) is 0. The third-order valence-electron chi connectivity index (χ3n) is 3.32. The van der Waals surface area contributed by atoms with Gasteiger partial charge in [0.1, 0.15) is 5.75 Å². The first-order valence-corrected chi connectivity index (χ1v) is 6.58. The molecule has 2 rings (SSSR count). The quantitative estimate of drug-likeness (QED) is 0.916. The predicted octanol–water partition coefficient (Wildman–Crippen LogP) is 4.09. The van der Waals surface area contributed by atoms with Gasteiger partial charge in [0, 0.05) is 11.6 Å². The molecular formula is C16H18ClNO. The molecular weight excluding hydrogens is 258 g/mol. The van der Waals surface area contributed by atoms with E-state index in [4.69, 9.17) is 22.1 Å². The summed E-state index contributed by atoms with van der Waals surface area (Å²) in [6.45, 7) is 4.57. The molecule has 2 aromatic carbocycles. The van der Waals surface area contributed by atoms with E-state index in [0.29, 0.717) is 11.6 Å². The lowest BCUT2D eigenvalue weighted by Crippen LogP contribution is -1.98. The lowest BCUT2D eigenvalue weighted by Gasteiger charge is -2.13. The molecule has 0 atom stereocenters. The lowest BCUT2D eigenvalue weighted by molar-refractivity contribution is 0.411. The third kappa shape index (κ3) is 2.75. The number of halogens is 1. The van der Waals surface area contributed by atoms with E-state index in [-0.39, 0.29) is 0 Å². The number of benzene rings is 2. The molecule has 0 saturated heterocycles. The molecule has 0 spiro atoms. The minimum atomic E-state index is 0.445. The first-order valence-electron chi connectivity index (χ1n) is 6.21. The van der Waals surface area contributed by atoms with Crippen LogP contribution in [0.25, 0.3) is 11.1 Å². The maximum atomic E-state index is 6.10. The largest absolute Gasteiger partial charge is 0.496 e. The summed E-state index contributed by atoms with van der Waals surface area (Å²) in [6, 6.07) is 10.2. The normalized spacial score (nSPS) is 10.6. The zero-order valence-electron chi connectivity index (χ0n) is 11.5. The average Bonchev–Trinajstić information content (AvgIpc) is 2.41. The van der Waals surface area contributed by atoms with Gasteiger partial charge in [0.15, 0.2) is 0 Å². The van der Waals surface area contributed by atoms with Crippen LogP contribution in [0.15, 0.2) is 30.3 Å². The van der Waals surface area contributed by atoms with Gasteiger partial charge in [0.2, 0.25) is 0 Å². The molecule has 2 nitrogen and oxygen atoms in total. The standard InChI is InChI=1S/C16H18ClNO/c1-10-7-16(19-3)11(2)6-14(10)12-4-5-15(17)13(8-12)9-18/h4-8H,9,18H2,1-3H3. The Hall–Kier alpha value is -1.51. The van der Waals surface area contributed by atoms with E-state index in [1.54, 1.807) is 7.11 Å². The molecule has 19 heavy (non-hydrogen) atoms. The fourth-order valence-electron chi connectivity index (χ4n) is 2.22. The van der Waals surface area contributed by atoms with Crippen molar-refractivity contribution < 1.29 is 4.74 Å². The molecule has 0 radical (unpaired) electrons. The molecule has 0 amide bonds. The smallest absolute Gasteiger partial charge is 0.122 e. The van der Waals surface area contributed by atoms with Gasteiger partial charge < -0.3 is 10.5 Å². The fraction of sp³-hybridized carbons (Fsp3) is 0.250. The van der Waals surface area contributed by atoms with E-state index in [9.17, 15) is 0 Å². The van der Waals surface area contributed by atoms with Gasteiger partial charge in [-0.25, -0.2) is 0 Å². The number of hydrogen-bond donors (Lipinski definition) is 1. The Morgan fingerprint density at radius 3 is 2.47 bits per heavy atom. The van der Waals surface area contributed by atoms with Gasteiger partial charge >= 0.3 is 0 Å². The third-order valence-corrected chi connectivity index (χ3v) is 3.69. The van der Waals surface area contributed by atoms with E-state index in [1.807, 2.05) is 19.1 Å². The highest BCUT2D eigenvalue weighted by atomic mass is 35.5. The Morgan fingerprint density at radius 1 is 1.11 bits per heavy atom. The van der Waals surface area contributed by atoms with Gasteiger partial charge in [-0.1, -0.05) is 17.7 Å². The monoisotopic (exact) mass is 275 g/mol. The zero-order valence-corrected chi connectivity index (χ0v) is 12.2. The molecule has 0 unspecified atom stereocenters. The van der Waals surface area contributed by atoms with Gasteiger partial charge in [-0.15, -0.1) is 0 Å². The molecule has 0 saturated carbocycles. The van der Waals surface area contributed by atoms with Crippen LogP contribution in [0.4, 0.5) is 0 Å². The first-order chi connectivity index (χ1) is 9.06. The molecule has 0 fully saturated rings. The first kappa shape index (κ1) is 13.9. The molecule has 3 heteroatoms. The van der Waals surface area contributed by atoms with Gasteiger partial charge in [-0.2, -0.15) is 0 Å². The molecule has 100 valence electrons. The van der Waals surface area contributed by atoms with Gasteiger partial charge in [0.25, 0.3) is 0 Å². The highest BCUT2D eigenvalue weighted by Gasteiger charge is 2.08. The van der Waals surface area contributed by atoms with E-state index >= 15 is 0 Å². The van der Waals surface area contributed by atoms with Crippen molar-refractivity contribution in [3.8, 4) is 16.9 Å². The summed E-state index contributed by atoms with van der Waals surface area (Å²) in [4.78, 5) is 0. The van der Waals surface area contributed by atoms with Crippen LogP contribution in [0.1, 0.15) is 16.7 Å². The Bertz CT molecular complexity index is 608. The minimum absolute atomic E-state index is 0.445. The second kappa shape index (κ2) is 5.64. The highest BCUT2D eigenvalue weighted by Crippen LogP contribution is 2.31. The Balaban J connectivity index is 2.56. The summed E-state index contributed by atoms with van der Waals surface area (Å²) in [5, 5.41) is 0.717. The van der Waals surface area contributed by atoms with Crippen LogP contribution in [0.5, 0.6) is 5.75 Å². The van der Waals surface area contributed by atoms with E-state index in [2.05, 4.69) is 25.1 Å². The van der Waals surface area contributed by atoms with Crippen molar-refractivity contribution in [2.75, 3.05) is 7.11 Å². The van der Waals surface area contributed by atoms with Crippen molar-refractivity contribution in [2.24, 2.45) is 5.73 Å². The second-order valence-electron chi connectivity index (χ2n) is 4.65. The van der Waals surface area contributed by atoms with Crippen molar-refractivity contribution in [1.82, 2.24) is 0 Å². The molecule has 0 heterocycles. The van der Waals surface area contributed by atoms with Crippen LogP contribution < -0.4 is 10.5 Å². The van der Waals surface area contributed by atoms with Crippen LogP contribution in [-0.4, -0.2) is 7.11 Å². The second-order valence-corrected chi connectivity index (χ2v) is 5.05. The summed E-state index contributed by atoms with van der Waals surface area (Å²) in [7, 11) is 1.69. The SMILES string of the molecule is COc1cc(C)c(-c2ccc(Cl)c(CN)c2)cc1C. The zero-order chi connectivity index (χ0) is 14.0. The summed E-state index contributed by atoms with van der Waals surface area (Å²) < 4.78 is 5.34. The van der Waals surface area contributed by atoms with Crippen molar-refractivity contribution in [3.05, 3.63) is 52.0 Å². The number of aryl methyl sites for hydroxylation is 2. The van der Waals surface area contributed by atoms with E-state index in [0.717, 1.165) is 22.4 Å². The minimum Gasteiger partial charge on any atom is -0.496 e. The molecule has 2 N–H and O–H groups in total. The molecule has 2 aromatic rings. The number of methoxy groups -OCH3 is 1.